The Labute approximate surface area is 137 Å². The van der Waals surface area contributed by atoms with Gasteiger partial charge in [-0.15, -0.1) is 5.10 Å². The number of rotatable bonds is 3. The molecule has 0 aliphatic carbocycles. The first-order valence-electron chi connectivity index (χ1n) is 6.58. The van der Waals surface area contributed by atoms with Crippen molar-refractivity contribution < 1.29 is 8.78 Å². The highest BCUT2D eigenvalue weighted by Gasteiger charge is 2.13. The van der Waals surface area contributed by atoms with Gasteiger partial charge in [-0.3, -0.25) is 4.98 Å². The van der Waals surface area contributed by atoms with Crippen molar-refractivity contribution in [3.8, 4) is 11.3 Å². The predicted octanol–water partition coefficient (Wildman–Crippen LogP) is 4.28. The maximum Gasteiger partial charge on any atom is 0.213 e. The molecule has 0 bridgehead atoms. The molecule has 114 valence electrons. The van der Waals surface area contributed by atoms with E-state index in [0.29, 0.717) is 9.30 Å². The molecule has 0 atom stereocenters. The predicted molar refractivity (Wildman–Crippen MR) is 84.6 cm³/mol. The van der Waals surface area contributed by atoms with Crippen molar-refractivity contribution in [2.45, 2.75) is 9.24 Å². The Kier molecular flexibility index (Phi) is 3.55. The van der Waals surface area contributed by atoms with Gasteiger partial charge in [0.25, 0.3) is 0 Å². The topological polar surface area (TPSA) is 43.1 Å². The van der Waals surface area contributed by atoms with Gasteiger partial charge in [0.15, 0.2) is 4.34 Å². The highest BCUT2D eigenvalue weighted by Crippen LogP contribution is 2.34. The quantitative estimate of drug-likeness (QED) is 0.555. The number of aromatic nitrogens is 4. The highest BCUT2D eigenvalue weighted by molar-refractivity contribution is 8.01. The Bertz CT molecular complexity index is 950. The van der Waals surface area contributed by atoms with Crippen LogP contribution in [0.3, 0.4) is 0 Å². The van der Waals surface area contributed by atoms with E-state index in [0.717, 1.165) is 41.2 Å². The van der Waals surface area contributed by atoms with Crippen LogP contribution in [0.1, 0.15) is 0 Å². The second kappa shape index (κ2) is 5.71. The van der Waals surface area contributed by atoms with Crippen LogP contribution in [0, 0.1) is 11.6 Å². The first kappa shape index (κ1) is 14.3. The van der Waals surface area contributed by atoms with Crippen molar-refractivity contribution in [2.24, 2.45) is 0 Å². The van der Waals surface area contributed by atoms with Gasteiger partial charge in [-0.1, -0.05) is 23.1 Å². The summed E-state index contributed by atoms with van der Waals surface area (Å²) in [5.41, 5.74) is 1.67. The summed E-state index contributed by atoms with van der Waals surface area (Å²) in [6, 6.07) is 7.11. The van der Waals surface area contributed by atoms with Crippen molar-refractivity contribution >= 4 is 28.1 Å². The summed E-state index contributed by atoms with van der Waals surface area (Å²) in [6.45, 7) is 0. The van der Waals surface area contributed by atoms with Crippen LogP contribution in [-0.2, 0) is 0 Å². The average molecular weight is 346 g/mol. The van der Waals surface area contributed by atoms with E-state index in [9.17, 15) is 8.78 Å². The van der Waals surface area contributed by atoms with E-state index in [4.69, 9.17) is 0 Å². The van der Waals surface area contributed by atoms with Crippen LogP contribution < -0.4 is 0 Å². The molecule has 0 amide bonds. The number of nitrogens with zero attached hydrogens (tertiary/aromatic N) is 4. The molecule has 0 fully saturated rings. The first-order chi connectivity index (χ1) is 11.2. The Morgan fingerprint density at radius 3 is 2.87 bits per heavy atom. The summed E-state index contributed by atoms with van der Waals surface area (Å²) in [7, 11) is 0. The monoisotopic (exact) mass is 346 g/mol. The molecule has 3 heterocycles. The third-order valence-electron chi connectivity index (χ3n) is 3.07. The van der Waals surface area contributed by atoms with Gasteiger partial charge in [-0.2, -0.15) is 0 Å². The fourth-order valence-corrected chi connectivity index (χ4v) is 3.96. The highest BCUT2D eigenvalue weighted by atomic mass is 32.2. The van der Waals surface area contributed by atoms with E-state index < -0.39 is 11.6 Å². The van der Waals surface area contributed by atoms with Crippen LogP contribution in [0.15, 0.2) is 58.2 Å². The van der Waals surface area contributed by atoms with E-state index in [1.807, 2.05) is 12.1 Å². The van der Waals surface area contributed by atoms with Gasteiger partial charge in [-0.05, 0) is 30.3 Å². The van der Waals surface area contributed by atoms with Gasteiger partial charge in [0.05, 0.1) is 16.8 Å². The van der Waals surface area contributed by atoms with Gasteiger partial charge >= 0.3 is 0 Å². The molecule has 0 radical (unpaired) electrons. The number of imidazole rings is 1. The largest absolute Gasteiger partial charge is 0.264 e. The molecule has 0 N–H and O–H groups in total. The Morgan fingerprint density at radius 2 is 2.09 bits per heavy atom. The van der Waals surface area contributed by atoms with Crippen molar-refractivity contribution in [2.75, 3.05) is 0 Å². The van der Waals surface area contributed by atoms with Gasteiger partial charge < -0.3 is 0 Å². The number of hydrogen-bond acceptors (Lipinski definition) is 5. The lowest BCUT2D eigenvalue weighted by molar-refractivity contribution is 0.577. The molecule has 23 heavy (non-hydrogen) atoms. The second-order valence-electron chi connectivity index (χ2n) is 4.64. The summed E-state index contributed by atoms with van der Waals surface area (Å²) in [4.78, 5) is 9.43. The zero-order chi connectivity index (χ0) is 15.8. The van der Waals surface area contributed by atoms with Crippen LogP contribution in [0.2, 0.25) is 0 Å². The molecule has 4 rings (SSSR count). The summed E-state index contributed by atoms with van der Waals surface area (Å²) in [6.07, 6.45) is 5.21. The van der Waals surface area contributed by atoms with Crippen molar-refractivity contribution in [3.05, 3.63) is 60.6 Å². The van der Waals surface area contributed by atoms with Gasteiger partial charge in [0.1, 0.15) is 11.6 Å². The van der Waals surface area contributed by atoms with Crippen molar-refractivity contribution in [1.29, 1.82) is 0 Å². The zero-order valence-corrected chi connectivity index (χ0v) is 13.1. The molecule has 0 saturated heterocycles. The summed E-state index contributed by atoms with van der Waals surface area (Å²) in [5.74, 6) is -0.950. The van der Waals surface area contributed by atoms with Crippen LogP contribution in [0.25, 0.3) is 16.2 Å². The van der Waals surface area contributed by atoms with Crippen molar-refractivity contribution in [1.82, 2.24) is 19.6 Å². The fourth-order valence-electron chi connectivity index (χ4n) is 2.03. The molecular weight excluding hydrogens is 338 g/mol. The van der Waals surface area contributed by atoms with E-state index >= 15 is 0 Å². The average Bonchev–Trinajstić information content (AvgIpc) is 3.10. The van der Waals surface area contributed by atoms with E-state index in [1.165, 1.54) is 11.3 Å². The molecule has 0 saturated carbocycles. The standard InChI is InChI=1S/C15H8F2N4S2/c16-10-3-4-11(17)13(6-10)22-15-20-21-8-12(19-14(21)23-15)9-2-1-5-18-7-9/h1-8H. The molecule has 4 nitrogen and oxygen atoms in total. The van der Waals surface area contributed by atoms with Gasteiger partial charge in [-0.25, -0.2) is 18.3 Å². The van der Waals surface area contributed by atoms with Crippen LogP contribution in [-0.4, -0.2) is 19.6 Å². The molecule has 3 aromatic heterocycles. The Balaban J connectivity index is 1.65. The second-order valence-corrected chi connectivity index (χ2v) is 6.88. The third-order valence-corrected chi connectivity index (χ3v) is 5.08. The van der Waals surface area contributed by atoms with Crippen LogP contribution >= 0.6 is 23.1 Å². The number of pyridine rings is 1. The fraction of sp³-hybridized carbons (Fsp3) is 0. The first-order valence-corrected chi connectivity index (χ1v) is 8.22. The van der Waals surface area contributed by atoms with E-state index in [2.05, 4.69) is 15.1 Å². The molecule has 4 aromatic rings. The summed E-state index contributed by atoms with van der Waals surface area (Å²) >= 11 is 2.40. The van der Waals surface area contributed by atoms with Crippen LogP contribution in [0.5, 0.6) is 0 Å². The maximum absolute atomic E-state index is 13.7. The van der Waals surface area contributed by atoms with Crippen molar-refractivity contribution in [3.63, 3.8) is 0 Å². The maximum atomic E-state index is 13.7. The van der Waals surface area contributed by atoms with E-state index in [-0.39, 0.29) is 4.90 Å². The molecular formula is C15H8F2N4S2. The normalized spacial score (nSPS) is 11.2. The number of fused-ring (bicyclic) bond motifs is 1. The van der Waals surface area contributed by atoms with Gasteiger partial charge in [0.2, 0.25) is 4.96 Å². The summed E-state index contributed by atoms with van der Waals surface area (Å²) in [5, 5.41) is 4.35. The molecule has 0 aliphatic rings. The minimum Gasteiger partial charge on any atom is -0.264 e. The Hall–Kier alpha value is -2.32. The molecule has 1 aromatic carbocycles. The number of benzene rings is 1. The molecule has 0 unspecified atom stereocenters. The number of halogens is 2. The van der Waals surface area contributed by atoms with Crippen LogP contribution in [0.4, 0.5) is 8.78 Å². The Morgan fingerprint density at radius 1 is 1.17 bits per heavy atom. The zero-order valence-electron chi connectivity index (χ0n) is 11.5. The lowest BCUT2D eigenvalue weighted by Gasteiger charge is -1.99. The lowest BCUT2D eigenvalue weighted by atomic mass is 10.2. The smallest absolute Gasteiger partial charge is 0.213 e. The van der Waals surface area contributed by atoms with E-state index in [1.54, 1.807) is 23.1 Å². The SMILES string of the molecule is Fc1ccc(F)c(Sc2nn3cc(-c4cccnc4)nc3s2)c1. The summed E-state index contributed by atoms with van der Waals surface area (Å²) < 4.78 is 29.1. The molecule has 8 heteroatoms. The molecule has 0 spiro atoms. The lowest BCUT2D eigenvalue weighted by Crippen LogP contribution is -1.85. The third kappa shape index (κ3) is 2.82. The minimum absolute atomic E-state index is 0.203. The van der Waals surface area contributed by atoms with Gasteiger partial charge in [0, 0.05) is 18.0 Å². The molecule has 0 aliphatic heterocycles. The minimum atomic E-state index is -0.478. The number of hydrogen-bond donors (Lipinski definition) is 0.